The van der Waals surface area contributed by atoms with Crippen LogP contribution in [-0.2, 0) is 4.79 Å². The van der Waals surface area contributed by atoms with E-state index in [4.69, 9.17) is 0 Å². The Morgan fingerprint density at radius 2 is 0.533 bits per heavy atom. The Balaban J connectivity index is -0.000000150. The van der Waals surface area contributed by atoms with E-state index in [0.717, 1.165) is 24.7 Å². The highest BCUT2D eigenvalue weighted by molar-refractivity contribution is 5.48. The van der Waals surface area contributed by atoms with Crippen molar-refractivity contribution in [1.29, 1.82) is 0 Å². The second kappa shape index (κ2) is 62.0. The van der Waals surface area contributed by atoms with Gasteiger partial charge in [0.2, 0.25) is 0 Å². The SMILES string of the molecule is C=CC(=C)C.CCCCCCCCC=O.CCCCCCCCCC.CCCCCCCCCC.CCCCCCCCCC. The molecule has 0 N–H and O–H groups in total. The standard InChI is InChI=1S/3C10H22.C9H18O.C5H8/c3*1-3-5-7-9-10-8-6-4-2;1-2-3-4-5-6-7-8-9-10;1-4-5(2)3/h3*3-10H2,1-2H3;9H,2-8H2,1H3;4H,1-2H2,3H3. The molecule has 0 saturated heterocycles. The molecule has 1 heteroatoms. The minimum atomic E-state index is 0.756. The summed E-state index contributed by atoms with van der Waals surface area (Å²) < 4.78 is 0. The van der Waals surface area contributed by atoms with Crippen LogP contribution in [0, 0.1) is 0 Å². The zero-order valence-corrected chi connectivity index (χ0v) is 33.4. The monoisotopic (exact) mass is 637 g/mol. The van der Waals surface area contributed by atoms with Crippen LogP contribution in [0.25, 0.3) is 0 Å². The van der Waals surface area contributed by atoms with Crippen LogP contribution in [0.5, 0.6) is 0 Å². The Morgan fingerprint density at radius 3 is 0.667 bits per heavy atom. The molecule has 0 aliphatic rings. The Hall–Kier alpha value is -0.850. The first-order valence-electron chi connectivity index (χ1n) is 20.6. The fourth-order valence-corrected chi connectivity index (χ4v) is 4.63. The third kappa shape index (κ3) is 86.0. The summed E-state index contributed by atoms with van der Waals surface area (Å²) in [5.74, 6) is 0. The van der Waals surface area contributed by atoms with Crippen molar-refractivity contribution < 1.29 is 4.79 Å². The molecule has 0 fully saturated rings. The zero-order chi connectivity index (χ0) is 34.9. The molecular weight excluding hydrogens is 544 g/mol. The lowest BCUT2D eigenvalue weighted by Crippen LogP contribution is -1.79. The van der Waals surface area contributed by atoms with Crippen molar-refractivity contribution in [2.75, 3.05) is 0 Å². The molecule has 0 saturated carbocycles. The summed E-state index contributed by atoms with van der Waals surface area (Å²) in [4.78, 5) is 9.89. The van der Waals surface area contributed by atoms with E-state index >= 15 is 0 Å². The lowest BCUT2D eigenvalue weighted by Gasteiger charge is -1.97. The van der Waals surface area contributed by atoms with Crippen molar-refractivity contribution in [3.05, 3.63) is 24.8 Å². The molecular formula is C44H92O. The molecule has 0 bridgehead atoms. The van der Waals surface area contributed by atoms with Gasteiger partial charge in [0.1, 0.15) is 6.29 Å². The largest absolute Gasteiger partial charge is 0.303 e. The van der Waals surface area contributed by atoms with Gasteiger partial charge in [-0.15, -0.1) is 0 Å². The Morgan fingerprint density at radius 1 is 0.378 bits per heavy atom. The number of hydrogen-bond acceptors (Lipinski definition) is 1. The van der Waals surface area contributed by atoms with Crippen molar-refractivity contribution in [2.24, 2.45) is 0 Å². The van der Waals surface area contributed by atoms with Gasteiger partial charge in [0.05, 0.1) is 0 Å². The topological polar surface area (TPSA) is 17.1 Å². The molecule has 45 heavy (non-hydrogen) atoms. The maximum absolute atomic E-state index is 9.89. The van der Waals surface area contributed by atoms with Crippen LogP contribution < -0.4 is 0 Å². The van der Waals surface area contributed by atoms with Crippen molar-refractivity contribution in [3.8, 4) is 0 Å². The predicted molar refractivity (Wildman–Crippen MR) is 214 cm³/mol. The van der Waals surface area contributed by atoms with Crippen LogP contribution in [0.4, 0.5) is 0 Å². The molecule has 0 aliphatic carbocycles. The molecule has 1 nitrogen and oxygen atoms in total. The van der Waals surface area contributed by atoms with Crippen LogP contribution in [0.1, 0.15) is 254 Å². The molecule has 0 aromatic rings. The fourth-order valence-electron chi connectivity index (χ4n) is 4.63. The Labute approximate surface area is 289 Å². The van der Waals surface area contributed by atoms with E-state index in [9.17, 15) is 4.79 Å². The second-order valence-electron chi connectivity index (χ2n) is 13.1. The summed E-state index contributed by atoms with van der Waals surface area (Å²) in [7, 11) is 0. The van der Waals surface area contributed by atoms with E-state index in [1.807, 2.05) is 6.92 Å². The molecule has 0 heterocycles. The minimum Gasteiger partial charge on any atom is -0.303 e. The molecule has 0 unspecified atom stereocenters. The summed E-state index contributed by atoms with van der Waals surface area (Å²) in [6.07, 6.45) is 45.5. The maximum Gasteiger partial charge on any atom is 0.119 e. The maximum atomic E-state index is 9.89. The first kappa shape index (κ1) is 53.6. The zero-order valence-electron chi connectivity index (χ0n) is 33.4. The summed E-state index contributed by atoms with van der Waals surface area (Å²) in [5.41, 5.74) is 1.02. The van der Waals surface area contributed by atoms with Crippen molar-refractivity contribution in [2.45, 2.75) is 254 Å². The van der Waals surface area contributed by atoms with Crippen molar-refractivity contribution in [3.63, 3.8) is 0 Å². The van der Waals surface area contributed by atoms with Gasteiger partial charge in [-0.05, 0) is 13.3 Å². The minimum absolute atomic E-state index is 0.756. The number of unbranched alkanes of at least 4 members (excludes halogenated alkanes) is 27. The van der Waals surface area contributed by atoms with E-state index in [1.54, 1.807) is 6.08 Å². The lowest BCUT2D eigenvalue weighted by atomic mass is 10.1. The summed E-state index contributed by atoms with van der Waals surface area (Å²) in [5, 5.41) is 0. The number of allylic oxidation sites excluding steroid dienone is 2. The number of carbonyl (C=O) groups is 1. The molecule has 0 radical (unpaired) electrons. The molecule has 0 aliphatic heterocycles. The number of aldehydes is 1. The smallest absolute Gasteiger partial charge is 0.119 e. The van der Waals surface area contributed by atoms with Crippen LogP contribution in [0.3, 0.4) is 0 Å². The Kier molecular flexibility index (Phi) is 74.0. The van der Waals surface area contributed by atoms with E-state index < -0.39 is 0 Å². The quantitative estimate of drug-likeness (QED) is 0.0453. The van der Waals surface area contributed by atoms with Gasteiger partial charge in [-0.3, -0.25) is 0 Å². The molecule has 0 spiro atoms. The summed E-state index contributed by atoms with van der Waals surface area (Å²) in [6, 6.07) is 0. The van der Waals surface area contributed by atoms with E-state index in [-0.39, 0.29) is 0 Å². The van der Waals surface area contributed by atoms with Crippen molar-refractivity contribution in [1.82, 2.24) is 0 Å². The normalized spacial score (nSPS) is 9.69. The van der Waals surface area contributed by atoms with Crippen LogP contribution >= 0.6 is 0 Å². The van der Waals surface area contributed by atoms with Crippen LogP contribution in [-0.4, -0.2) is 6.29 Å². The average molecular weight is 637 g/mol. The van der Waals surface area contributed by atoms with Gasteiger partial charge >= 0.3 is 0 Å². The molecule has 0 aromatic heterocycles. The van der Waals surface area contributed by atoms with Gasteiger partial charge in [-0.25, -0.2) is 0 Å². The predicted octanol–water partition coefficient (Wildman–Crippen LogP) is 17.1. The number of rotatable bonds is 29. The highest BCUT2D eigenvalue weighted by Gasteiger charge is 1.90. The molecule has 0 atom stereocenters. The summed E-state index contributed by atoms with van der Waals surface area (Å²) in [6.45, 7) is 24.8. The van der Waals surface area contributed by atoms with E-state index in [2.05, 4.69) is 61.6 Å². The lowest BCUT2D eigenvalue weighted by molar-refractivity contribution is -0.107. The number of carbonyl (C=O) groups excluding carboxylic acids is 1. The third-order valence-corrected chi connectivity index (χ3v) is 7.90. The molecule has 0 amide bonds. The highest BCUT2D eigenvalue weighted by Crippen LogP contribution is 2.09. The van der Waals surface area contributed by atoms with E-state index in [1.165, 1.54) is 186 Å². The van der Waals surface area contributed by atoms with Crippen LogP contribution in [0.2, 0.25) is 0 Å². The number of hydrogen-bond donors (Lipinski definition) is 0. The fraction of sp³-hybridized carbons (Fsp3) is 0.886. The average Bonchev–Trinajstić information content (AvgIpc) is 3.05. The molecule has 274 valence electrons. The van der Waals surface area contributed by atoms with Crippen LogP contribution in [0.15, 0.2) is 24.8 Å². The molecule has 0 aromatic carbocycles. The highest BCUT2D eigenvalue weighted by atomic mass is 16.1. The van der Waals surface area contributed by atoms with Gasteiger partial charge in [0, 0.05) is 6.42 Å². The van der Waals surface area contributed by atoms with Gasteiger partial charge < -0.3 is 4.79 Å². The summed E-state index contributed by atoms with van der Waals surface area (Å²) >= 11 is 0. The van der Waals surface area contributed by atoms with Gasteiger partial charge in [-0.1, -0.05) is 259 Å². The van der Waals surface area contributed by atoms with Crippen molar-refractivity contribution >= 4 is 6.29 Å². The first-order chi connectivity index (χ1) is 21.9. The second-order valence-corrected chi connectivity index (χ2v) is 13.1. The first-order valence-corrected chi connectivity index (χ1v) is 20.6. The van der Waals surface area contributed by atoms with Gasteiger partial charge in [-0.2, -0.15) is 0 Å². The molecule has 0 rings (SSSR count). The third-order valence-electron chi connectivity index (χ3n) is 7.90. The Bertz CT molecular complexity index is 404. The van der Waals surface area contributed by atoms with Gasteiger partial charge in [0.15, 0.2) is 0 Å². The van der Waals surface area contributed by atoms with E-state index in [0.29, 0.717) is 0 Å². The van der Waals surface area contributed by atoms with Gasteiger partial charge in [0.25, 0.3) is 0 Å².